The first kappa shape index (κ1) is 19.0. The molecule has 1 saturated heterocycles. The second kappa shape index (κ2) is 9.86. The van der Waals surface area contributed by atoms with Crippen molar-refractivity contribution in [2.75, 3.05) is 5.33 Å². The van der Waals surface area contributed by atoms with Crippen molar-refractivity contribution in [2.45, 2.75) is 108 Å². The smallest absolute Gasteiger partial charge is 0.0536 e. The van der Waals surface area contributed by atoms with Crippen LogP contribution < -0.4 is 0 Å². The zero-order valence-corrected chi connectivity index (χ0v) is 17.8. The largest absolute Gasteiger partial charge is 0.0928 e. The van der Waals surface area contributed by atoms with E-state index in [1.807, 2.05) is 0 Å². The summed E-state index contributed by atoms with van der Waals surface area (Å²) in [5.41, 5.74) is 1.18. The first-order valence-electron chi connectivity index (χ1n) is 10.2. The average molecular weight is 388 g/mol. The van der Waals surface area contributed by atoms with E-state index in [2.05, 4.69) is 29.4 Å². The van der Waals surface area contributed by atoms with E-state index < -0.39 is 8.07 Å². The van der Waals surface area contributed by atoms with E-state index in [-0.39, 0.29) is 0 Å². The predicted molar refractivity (Wildman–Crippen MR) is 107 cm³/mol. The third-order valence-electron chi connectivity index (χ3n) is 7.04. The molecule has 0 aromatic heterocycles. The predicted octanol–water partition coefficient (Wildman–Crippen LogP) is 7.79. The Kier molecular flexibility index (Phi) is 8.53. The average Bonchev–Trinajstić information content (AvgIpc) is 2.55. The minimum absolute atomic E-state index is 0.895. The van der Waals surface area contributed by atoms with Crippen LogP contribution in [0.5, 0.6) is 0 Å². The Morgan fingerprint density at radius 3 is 2.00 bits per heavy atom. The normalized spacial score (nSPS) is 36.4. The highest BCUT2D eigenvalue weighted by Gasteiger charge is 2.40. The van der Waals surface area contributed by atoms with Crippen molar-refractivity contribution in [1.29, 1.82) is 0 Å². The maximum Gasteiger partial charge on any atom is 0.0536 e. The molecule has 0 spiro atoms. The minimum Gasteiger partial charge on any atom is -0.0928 e. The van der Waals surface area contributed by atoms with Gasteiger partial charge in [0.1, 0.15) is 0 Å². The van der Waals surface area contributed by atoms with Crippen LogP contribution in [0.2, 0.25) is 24.2 Å². The number of rotatable bonds is 8. The summed E-state index contributed by atoms with van der Waals surface area (Å²) >= 11 is 3.59. The first-order chi connectivity index (χ1) is 10.7. The maximum absolute atomic E-state index is 3.59. The SMILES string of the molecule is CCCCCC1CC[Si](C)([C@H]2CC[C@H](CCCBr)CC2)CC1. The standard InChI is InChI=1S/C20H39BrSi/c1-3-4-5-7-19-13-16-22(2,17-14-19)20-11-9-18(10-12-20)8-6-15-21/h18-20H,3-17H2,1-2H3/t18-,19?,20-,22?. The van der Waals surface area contributed by atoms with Gasteiger partial charge in [-0.25, -0.2) is 0 Å². The molecule has 0 radical (unpaired) electrons. The van der Waals surface area contributed by atoms with Crippen LogP contribution in [-0.2, 0) is 0 Å². The van der Waals surface area contributed by atoms with Crippen LogP contribution >= 0.6 is 15.9 Å². The minimum atomic E-state index is -0.895. The second-order valence-corrected chi connectivity index (χ2v) is 14.6. The number of unbranched alkanes of at least 4 members (excludes halogenated alkanes) is 2. The van der Waals surface area contributed by atoms with Crippen molar-refractivity contribution in [3.05, 3.63) is 0 Å². The van der Waals surface area contributed by atoms with Crippen LogP contribution in [0.15, 0.2) is 0 Å². The molecule has 1 saturated carbocycles. The molecule has 0 N–H and O–H groups in total. The highest BCUT2D eigenvalue weighted by Crippen LogP contribution is 2.48. The fourth-order valence-corrected chi connectivity index (χ4v) is 10.5. The topological polar surface area (TPSA) is 0 Å². The molecule has 130 valence electrons. The summed E-state index contributed by atoms with van der Waals surface area (Å²) in [7, 11) is -0.895. The van der Waals surface area contributed by atoms with Gasteiger partial charge >= 0.3 is 0 Å². The third kappa shape index (κ3) is 5.65. The lowest BCUT2D eigenvalue weighted by atomic mass is 9.86. The summed E-state index contributed by atoms with van der Waals surface area (Å²) in [4.78, 5) is 0. The van der Waals surface area contributed by atoms with Crippen LogP contribution in [0.3, 0.4) is 0 Å². The monoisotopic (exact) mass is 386 g/mol. The molecular weight excluding hydrogens is 348 g/mol. The number of hydrogen-bond donors (Lipinski definition) is 0. The van der Waals surface area contributed by atoms with Crippen molar-refractivity contribution in [3.8, 4) is 0 Å². The van der Waals surface area contributed by atoms with E-state index in [0.717, 1.165) is 11.8 Å². The lowest BCUT2D eigenvalue weighted by Crippen LogP contribution is -2.41. The second-order valence-electron chi connectivity index (χ2n) is 8.64. The van der Waals surface area contributed by atoms with Gasteiger partial charge in [-0.1, -0.05) is 106 Å². The number of hydrogen-bond acceptors (Lipinski definition) is 0. The van der Waals surface area contributed by atoms with E-state index in [4.69, 9.17) is 0 Å². The zero-order valence-electron chi connectivity index (χ0n) is 15.2. The van der Waals surface area contributed by atoms with Gasteiger partial charge in [-0.3, -0.25) is 0 Å². The quantitative estimate of drug-likeness (QED) is 0.226. The Balaban J connectivity index is 1.70. The molecule has 1 heterocycles. The number of alkyl halides is 1. The molecule has 2 fully saturated rings. The van der Waals surface area contributed by atoms with Crippen LogP contribution in [0.25, 0.3) is 0 Å². The van der Waals surface area contributed by atoms with Gasteiger partial charge in [0, 0.05) is 5.33 Å². The van der Waals surface area contributed by atoms with Gasteiger partial charge in [-0.05, 0) is 30.2 Å². The molecule has 0 nitrogen and oxygen atoms in total. The Hall–Kier alpha value is 0.697. The molecule has 1 aliphatic carbocycles. The van der Waals surface area contributed by atoms with Crippen molar-refractivity contribution in [1.82, 2.24) is 0 Å². The highest BCUT2D eigenvalue weighted by atomic mass is 79.9. The molecule has 2 aliphatic rings. The van der Waals surface area contributed by atoms with Gasteiger partial charge in [0.05, 0.1) is 8.07 Å². The van der Waals surface area contributed by atoms with Crippen molar-refractivity contribution < 1.29 is 0 Å². The summed E-state index contributed by atoms with van der Waals surface area (Å²) < 4.78 is 0. The highest BCUT2D eigenvalue weighted by molar-refractivity contribution is 9.09. The molecule has 0 bridgehead atoms. The summed E-state index contributed by atoms with van der Waals surface area (Å²) in [5.74, 6) is 2.17. The van der Waals surface area contributed by atoms with Crippen molar-refractivity contribution >= 4 is 24.0 Å². The lowest BCUT2D eigenvalue weighted by molar-refractivity contribution is 0.327. The summed E-state index contributed by atoms with van der Waals surface area (Å²) in [6.07, 6.45) is 18.2. The van der Waals surface area contributed by atoms with E-state index in [0.29, 0.717) is 0 Å². The molecule has 2 rings (SSSR count). The fourth-order valence-electron chi connectivity index (χ4n) is 5.23. The molecule has 0 aromatic rings. The number of halogens is 1. The van der Waals surface area contributed by atoms with E-state index >= 15 is 0 Å². The Morgan fingerprint density at radius 2 is 1.41 bits per heavy atom. The van der Waals surface area contributed by atoms with E-state index in [1.54, 1.807) is 50.6 Å². The van der Waals surface area contributed by atoms with Gasteiger partial charge in [0.25, 0.3) is 0 Å². The maximum atomic E-state index is 3.59. The molecular formula is C20H39BrSi. The van der Waals surface area contributed by atoms with Gasteiger partial charge in [0.2, 0.25) is 0 Å². The van der Waals surface area contributed by atoms with Crippen LogP contribution in [0, 0.1) is 11.8 Å². The zero-order chi connectivity index (χ0) is 15.8. The molecule has 0 atom stereocenters. The van der Waals surface area contributed by atoms with Gasteiger partial charge in [0.15, 0.2) is 0 Å². The van der Waals surface area contributed by atoms with E-state index in [1.165, 1.54) is 49.4 Å². The van der Waals surface area contributed by atoms with E-state index in [9.17, 15) is 0 Å². The summed E-state index contributed by atoms with van der Waals surface area (Å²) in [6, 6.07) is 3.33. The Morgan fingerprint density at radius 1 is 0.818 bits per heavy atom. The van der Waals surface area contributed by atoms with Crippen molar-refractivity contribution in [2.24, 2.45) is 11.8 Å². The van der Waals surface area contributed by atoms with Crippen LogP contribution in [0.4, 0.5) is 0 Å². The van der Waals surface area contributed by atoms with Gasteiger partial charge in [-0.15, -0.1) is 0 Å². The molecule has 1 aliphatic heterocycles. The molecule has 0 amide bonds. The Bertz CT molecular complexity index is 288. The molecule has 22 heavy (non-hydrogen) atoms. The summed E-state index contributed by atoms with van der Waals surface area (Å²) in [6.45, 7) is 5.11. The van der Waals surface area contributed by atoms with Crippen LogP contribution in [-0.4, -0.2) is 13.4 Å². The van der Waals surface area contributed by atoms with Crippen molar-refractivity contribution in [3.63, 3.8) is 0 Å². The summed E-state index contributed by atoms with van der Waals surface area (Å²) in [5, 5.41) is 1.21. The molecule has 0 aromatic carbocycles. The third-order valence-corrected chi connectivity index (χ3v) is 13.0. The Labute approximate surface area is 149 Å². The van der Waals surface area contributed by atoms with Gasteiger partial charge in [-0.2, -0.15) is 0 Å². The van der Waals surface area contributed by atoms with Crippen LogP contribution in [0.1, 0.15) is 84.0 Å². The van der Waals surface area contributed by atoms with Gasteiger partial charge < -0.3 is 0 Å². The molecule has 0 unspecified atom stereocenters. The molecule has 2 heteroatoms. The fraction of sp³-hybridized carbons (Fsp3) is 1.00. The lowest BCUT2D eigenvalue weighted by Gasteiger charge is -2.44. The first-order valence-corrected chi connectivity index (χ1v) is 14.3.